The van der Waals surface area contributed by atoms with Crippen LogP contribution in [0, 0.1) is 0 Å². The second-order valence-corrected chi connectivity index (χ2v) is 56.8. The first kappa shape index (κ1) is 103. The second-order valence-electron chi connectivity index (χ2n) is 35.2. The molecule has 120 heavy (non-hydrogen) atoms. The molecule has 0 aliphatic carbocycles. The Balaban J connectivity index is 0.000000233. The van der Waals surface area contributed by atoms with E-state index >= 15 is 0 Å². The number of ether oxygens (including phenoxy) is 5. The minimum absolute atomic E-state index is 0.278. The largest absolute Gasteiger partial charge is 0.388 e. The molecule has 1 unspecified atom stereocenters. The van der Waals surface area contributed by atoms with Gasteiger partial charge >= 0.3 is 22.8 Å². The van der Waals surface area contributed by atoms with Crippen molar-refractivity contribution in [3.63, 3.8) is 0 Å². The zero-order chi connectivity index (χ0) is 90.4. The van der Waals surface area contributed by atoms with Crippen LogP contribution in [-0.2, 0) is 54.2 Å². The summed E-state index contributed by atoms with van der Waals surface area (Å²) in [5, 5.41) is 106. The summed E-state index contributed by atoms with van der Waals surface area (Å²) < 4.78 is 33.5. The van der Waals surface area contributed by atoms with Crippen LogP contribution in [0.3, 0.4) is 0 Å². The summed E-state index contributed by atoms with van der Waals surface area (Å²) in [7, 11) is 0. The number of nitrogens with one attached hydrogen (secondary N) is 5. The third-order valence-corrected chi connectivity index (χ3v) is 28.3. The Kier molecular flexibility index (Phi) is 37.3. The van der Waals surface area contributed by atoms with Gasteiger partial charge in [0.2, 0.25) is 0 Å². The van der Waals surface area contributed by atoms with Crippen LogP contribution in [0.4, 0.5) is 0 Å². The Morgan fingerprint density at radius 1 is 0.425 bits per heavy atom. The first-order valence-electron chi connectivity index (χ1n) is 40.1. The molecule has 0 saturated carbocycles. The lowest BCUT2D eigenvalue weighted by atomic mass is 9.95. The van der Waals surface area contributed by atoms with E-state index in [9.17, 15) is 94.2 Å². The number of rotatable bonds is 30. The quantitative estimate of drug-likeness (QED) is 0.0260. The molecule has 6 aliphatic rings. The SMILES string of the molecule is C=C1NC(=O)C=CN1C1O[C@H](CCP(=C)(C)C)[C@@H](O)[C@@]1(C)O.C=CCCc1cn([C@@H]2O[C@H](CCP(=C)(C)C)[C@@H](O)[C@H]2O)c(=O)[nH]c1=O.C=CCc1cn([C@@H]2O[C@H](CCP(=C)(C)C)[C@@H](O)[C@H]2O)c(=O)[nH]c1=O.C=P(C)(C)CC[C@H]1O[C@@H](n2cc(CCC)c(=O)[nH]c2=O)[C@H](O)[C@@H]1O.C=P(C)(C)CC[C@H]1O[C@@H](n2cc(CCCC)c(=O)[nH]c2=O)[C@H](O)[C@@H]1O. The number of carbonyl (C=O) groups is 1. The average Bonchev–Trinajstić information content (AvgIpc) is 1.62. The molecule has 15 N–H and O–H groups in total. The van der Waals surface area contributed by atoms with E-state index < -0.39 is 202 Å². The van der Waals surface area contributed by atoms with Gasteiger partial charge < -0.3 is 85.0 Å². The molecule has 0 bridgehead atoms. The molecule has 4 aromatic rings. The third-order valence-electron chi connectivity index (χ3n) is 21.0. The maximum absolute atomic E-state index is 12.2. The van der Waals surface area contributed by atoms with Gasteiger partial charge in [-0.3, -0.25) is 62.2 Å². The van der Waals surface area contributed by atoms with Gasteiger partial charge in [-0.05, 0) is 175 Å². The highest BCUT2D eigenvalue weighted by atomic mass is 31.2. The molecule has 0 aromatic carbocycles. The lowest BCUT2D eigenvalue weighted by molar-refractivity contribution is -0.123. The van der Waals surface area contributed by atoms with Gasteiger partial charge in [0.15, 0.2) is 31.1 Å². The van der Waals surface area contributed by atoms with Gasteiger partial charge in [0.05, 0.1) is 30.5 Å². The van der Waals surface area contributed by atoms with Gasteiger partial charge in [0.1, 0.15) is 66.4 Å². The van der Waals surface area contributed by atoms with E-state index in [4.69, 9.17) is 23.7 Å². The van der Waals surface area contributed by atoms with Gasteiger partial charge in [-0.1, -0.05) is 45.4 Å². The maximum atomic E-state index is 12.2. The molecule has 676 valence electrons. The minimum atomic E-state index is -1.47. The molecule has 0 radical (unpaired) electrons. The first-order chi connectivity index (χ1) is 55.6. The zero-order valence-electron chi connectivity index (χ0n) is 71.6. The number of aromatic nitrogens is 8. The predicted octanol–water partition coefficient (Wildman–Crippen LogP) is 1.50. The number of amides is 1. The number of aliphatic hydroxyl groups is 10. The number of hydrogen-bond acceptors (Lipinski definition) is 25. The molecule has 10 rings (SSSR count). The number of aliphatic hydroxyl groups excluding tert-OH is 9. The van der Waals surface area contributed by atoms with Crippen molar-refractivity contribution in [2.45, 2.75) is 226 Å². The molecule has 39 heteroatoms. The summed E-state index contributed by atoms with van der Waals surface area (Å²) in [4.78, 5) is 118. The van der Waals surface area contributed by atoms with Crippen molar-refractivity contribution in [1.29, 1.82) is 0 Å². The van der Waals surface area contributed by atoms with Crippen LogP contribution in [0.5, 0.6) is 0 Å². The van der Waals surface area contributed by atoms with Crippen molar-refractivity contribution in [3.05, 3.63) is 180 Å². The smallest absolute Gasteiger partial charge is 0.330 e. The molecule has 10 heterocycles. The molecule has 5 fully saturated rings. The number of H-pyrrole nitrogens is 4. The summed E-state index contributed by atoms with van der Waals surface area (Å²) in [5.74, 6) is 0.0372. The first-order valence-corrected chi connectivity index (χ1v) is 55.4. The van der Waals surface area contributed by atoms with Crippen LogP contribution in [0.2, 0.25) is 0 Å². The van der Waals surface area contributed by atoms with Crippen molar-refractivity contribution in [1.82, 2.24) is 48.4 Å². The van der Waals surface area contributed by atoms with Crippen LogP contribution in [0.15, 0.2) is 113 Å². The van der Waals surface area contributed by atoms with Gasteiger partial charge in [-0.25, -0.2) is 19.2 Å². The van der Waals surface area contributed by atoms with E-state index in [1.807, 2.05) is 13.8 Å². The Morgan fingerprint density at radius 2 is 0.725 bits per heavy atom. The summed E-state index contributed by atoms with van der Waals surface area (Å²) in [6.45, 7) is 31.0. The van der Waals surface area contributed by atoms with Gasteiger partial charge in [0.25, 0.3) is 28.1 Å². The van der Waals surface area contributed by atoms with E-state index in [0.29, 0.717) is 85.9 Å². The Bertz CT molecular complexity index is 4990. The number of aryl methyl sites for hydroxylation is 3. The highest BCUT2D eigenvalue weighted by Crippen LogP contribution is 2.45. The van der Waals surface area contributed by atoms with Crippen LogP contribution < -0.4 is 50.3 Å². The molecule has 6 aliphatic heterocycles. The summed E-state index contributed by atoms with van der Waals surface area (Å²) in [5.41, 5.74) is -4.26. The second kappa shape index (κ2) is 43.6. The van der Waals surface area contributed by atoms with Gasteiger partial charge in [0, 0.05) is 59.3 Å². The maximum Gasteiger partial charge on any atom is 0.330 e. The Hall–Kier alpha value is -6.15. The number of unbranched alkanes of at least 4 members (excludes halogenated alkanes) is 1. The van der Waals surface area contributed by atoms with Gasteiger partial charge in [-0.15, -0.1) is 79.1 Å². The number of carbonyl (C=O) groups excluding carboxylic acids is 1. The summed E-state index contributed by atoms with van der Waals surface area (Å²) in [6.07, 6.45) is 26.3. The Morgan fingerprint density at radius 3 is 1.02 bits per heavy atom. The van der Waals surface area contributed by atoms with E-state index in [2.05, 4.69) is 143 Å². The summed E-state index contributed by atoms with van der Waals surface area (Å²) in [6, 6.07) is 0. The van der Waals surface area contributed by atoms with E-state index in [1.54, 1.807) is 12.2 Å². The van der Waals surface area contributed by atoms with Crippen molar-refractivity contribution in [3.8, 4) is 0 Å². The summed E-state index contributed by atoms with van der Waals surface area (Å²) >= 11 is 0. The molecule has 0 spiro atoms. The molecule has 1 amide bonds. The number of hydrogen-bond donors (Lipinski definition) is 15. The lowest BCUT2D eigenvalue weighted by Gasteiger charge is -2.37. The molecule has 34 nitrogen and oxygen atoms in total. The monoisotopic (exact) mass is 1780 g/mol. The van der Waals surface area contributed by atoms with Crippen LogP contribution in [0.1, 0.15) is 126 Å². The van der Waals surface area contributed by atoms with Crippen LogP contribution in [0.25, 0.3) is 0 Å². The fourth-order valence-electron chi connectivity index (χ4n) is 13.9. The minimum Gasteiger partial charge on any atom is -0.388 e. The molecule has 20 atom stereocenters. The molecule has 4 aromatic heterocycles. The van der Waals surface area contributed by atoms with E-state index in [1.165, 1.54) is 58.0 Å². The Labute approximate surface area is 700 Å². The molecular weight excluding hydrogens is 1650 g/mol. The fraction of sp³-hybridized carbons (Fsp3) is 0.630. The topological polar surface area (TPSA) is 500 Å². The van der Waals surface area contributed by atoms with E-state index in [0.717, 1.165) is 59.2 Å². The predicted molar refractivity (Wildman–Crippen MR) is 484 cm³/mol. The number of nitrogens with zero attached hydrogens (tertiary/aromatic N) is 5. The average molecular weight is 1790 g/mol. The van der Waals surface area contributed by atoms with Crippen LogP contribution in [-0.4, -0.2) is 326 Å². The number of aromatic amines is 4. The lowest BCUT2D eigenvalue weighted by Crippen LogP contribution is -2.53. The fourth-order valence-corrected chi connectivity index (χ4v) is 18.7. The van der Waals surface area contributed by atoms with Crippen molar-refractivity contribution in [2.24, 2.45) is 0 Å². The van der Waals surface area contributed by atoms with Crippen molar-refractivity contribution >= 4 is 71.8 Å². The van der Waals surface area contributed by atoms with Crippen molar-refractivity contribution in [2.75, 3.05) is 97.5 Å². The highest BCUT2D eigenvalue weighted by Gasteiger charge is 2.55. The normalized spacial score (nSPS) is 28.7. The van der Waals surface area contributed by atoms with E-state index in [-0.39, 0.29) is 12.3 Å². The standard InChI is InChI=1S/C17H29N2O5P.C17H27N2O5P.C16H27N2O5P.C16H25N2O5P.C15H25N2O4P/c2*1-5-6-7-11-10-19(17(23)18-15(11)22)16-14(21)13(20)12(24-16)8-9-25(2,3)4;2*1-5-6-10-9-18(16(22)17-14(10)21)15-13(20)12(19)11(23-15)7-8-24(2,3)4;1-10-16-12(18)6-8-17(10)14-15(2,20)13(19)11(21-14)7-9-22(3,4)5/h10,12-14,16,20-21H,2,5-9H2,1,3-4H3,(H,18,22,23);5,10,12-14,16,20-21H,1-2,6-9H2,3-4H3,(H,18,22,23);9,11-13,15,19-20H,2,5-8H2,1,3-4H3,(H,17,21,22);5,9,11-13,15,19-20H,1-2,6-8H2,3-4H3,(H,17,21,22);6,8,11,13-14,19-20H,1,3,7,9H2,2,4-5H3,(H,16,18)/t2*12-,13-,14-,16-;2*11-,12-,13-,15-;11-,13-,14?,15-/m11111/s1. The molecule has 5 saturated heterocycles. The molecular formula is C81H133N10O24P5. The van der Waals surface area contributed by atoms with Crippen molar-refractivity contribution < 1.29 is 79.5 Å². The zero-order valence-corrected chi connectivity index (χ0v) is 76.1. The number of allylic oxidation sites excluding steroid dienone is 2. The third kappa shape index (κ3) is 28.7. The highest BCUT2D eigenvalue weighted by molar-refractivity contribution is 7.73. The van der Waals surface area contributed by atoms with Gasteiger partial charge in [-0.2, -0.15) is 0 Å². The van der Waals surface area contributed by atoms with Crippen LogP contribution >= 0.6 is 34.4 Å².